The van der Waals surface area contributed by atoms with E-state index in [1.165, 1.54) is 0 Å². The Morgan fingerprint density at radius 2 is 2.00 bits per heavy atom. The van der Waals surface area contributed by atoms with Crippen LogP contribution in [0.15, 0.2) is 36.4 Å². The van der Waals surface area contributed by atoms with Crippen molar-refractivity contribution in [3.05, 3.63) is 42.0 Å². The molecule has 2 N–H and O–H groups in total. The topological polar surface area (TPSA) is 58.2 Å². The summed E-state index contributed by atoms with van der Waals surface area (Å²) in [6.45, 7) is 0. The quantitative estimate of drug-likeness (QED) is 0.814. The maximum absolute atomic E-state index is 11.8. The van der Waals surface area contributed by atoms with Gasteiger partial charge in [-0.2, -0.15) is 0 Å². The van der Waals surface area contributed by atoms with Crippen LogP contribution in [0.3, 0.4) is 0 Å². The molecule has 0 fully saturated rings. The molecule has 0 spiro atoms. The minimum Gasteiger partial charge on any atom is -0.355 e. The summed E-state index contributed by atoms with van der Waals surface area (Å²) >= 11 is 0. The van der Waals surface area contributed by atoms with E-state index >= 15 is 0 Å². The average molecular weight is 258 g/mol. The molecule has 19 heavy (non-hydrogen) atoms. The molecule has 0 unspecified atom stereocenters. The van der Waals surface area contributed by atoms with Crippen LogP contribution in [-0.4, -0.2) is 18.9 Å². The van der Waals surface area contributed by atoms with Crippen LogP contribution in [0.4, 0.5) is 5.69 Å². The minimum absolute atomic E-state index is 0.0178. The Hall–Kier alpha value is -2.10. The summed E-state index contributed by atoms with van der Waals surface area (Å²) in [5.41, 5.74) is 1.30. The first-order valence-electron chi connectivity index (χ1n) is 6.47. The van der Waals surface area contributed by atoms with Gasteiger partial charge in [0.25, 0.3) is 5.91 Å². The van der Waals surface area contributed by atoms with Gasteiger partial charge in [0.1, 0.15) is 0 Å². The molecule has 1 atom stereocenters. The summed E-state index contributed by atoms with van der Waals surface area (Å²) in [5, 5.41) is 5.40. The molecule has 4 nitrogen and oxygen atoms in total. The number of benzene rings is 1. The van der Waals surface area contributed by atoms with E-state index in [0.717, 1.165) is 18.5 Å². The smallest absolute Gasteiger partial charge is 0.251 e. The van der Waals surface area contributed by atoms with Gasteiger partial charge < -0.3 is 10.6 Å². The fourth-order valence-electron chi connectivity index (χ4n) is 2.16. The number of anilines is 1. The number of carbonyl (C=O) groups excluding carboxylic acids is 2. The first kappa shape index (κ1) is 13.3. The number of hydrogen-bond acceptors (Lipinski definition) is 2. The molecule has 0 heterocycles. The van der Waals surface area contributed by atoms with Gasteiger partial charge in [-0.15, -0.1) is 0 Å². The van der Waals surface area contributed by atoms with Crippen molar-refractivity contribution in [3.8, 4) is 0 Å². The Morgan fingerprint density at radius 3 is 2.58 bits per heavy atom. The van der Waals surface area contributed by atoms with Gasteiger partial charge in [0.05, 0.1) is 0 Å². The highest BCUT2D eigenvalue weighted by Gasteiger charge is 2.14. The zero-order chi connectivity index (χ0) is 13.7. The summed E-state index contributed by atoms with van der Waals surface area (Å²) in [6, 6.07) is 6.88. The summed E-state index contributed by atoms with van der Waals surface area (Å²) in [6.07, 6.45) is 6.87. The van der Waals surface area contributed by atoms with Crippen LogP contribution >= 0.6 is 0 Å². The Kier molecular flexibility index (Phi) is 4.34. The number of rotatable bonds is 4. The van der Waals surface area contributed by atoms with E-state index in [1.807, 2.05) is 0 Å². The van der Waals surface area contributed by atoms with Crippen LogP contribution in [0.2, 0.25) is 0 Å². The summed E-state index contributed by atoms with van der Waals surface area (Å²) in [4.78, 5) is 23.2. The van der Waals surface area contributed by atoms with Crippen LogP contribution in [0.1, 0.15) is 29.6 Å². The maximum Gasteiger partial charge on any atom is 0.251 e. The van der Waals surface area contributed by atoms with E-state index in [4.69, 9.17) is 0 Å². The lowest BCUT2D eigenvalue weighted by atomic mass is 10.0. The predicted octanol–water partition coefficient (Wildman–Crippen LogP) is 2.34. The van der Waals surface area contributed by atoms with E-state index in [-0.39, 0.29) is 11.8 Å². The van der Waals surface area contributed by atoms with Crippen LogP contribution < -0.4 is 10.6 Å². The van der Waals surface area contributed by atoms with Gasteiger partial charge in [-0.1, -0.05) is 12.2 Å². The Labute approximate surface area is 112 Å². The molecule has 100 valence electrons. The fraction of sp³-hybridized carbons (Fsp3) is 0.333. The molecule has 0 aliphatic heterocycles. The lowest BCUT2D eigenvalue weighted by Gasteiger charge is -2.09. The maximum atomic E-state index is 11.8. The second kappa shape index (κ2) is 6.18. The molecule has 0 radical (unpaired) electrons. The van der Waals surface area contributed by atoms with Crippen molar-refractivity contribution in [1.82, 2.24) is 5.32 Å². The summed E-state index contributed by atoms with van der Waals surface area (Å²) in [5.74, 6) is 0.253. The molecule has 2 rings (SSSR count). The third-order valence-electron chi connectivity index (χ3n) is 3.22. The summed E-state index contributed by atoms with van der Waals surface area (Å²) < 4.78 is 0. The standard InChI is InChI=1S/C15H18N2O2/c1-16-15(19)12-6-8-13(9-7-12)17-14(18)10-11-4-2-3-5-11/h2,4,6-9,11H,3,5,10H2,1H3,(H,16,19)(H,17,18)/t11-/m0/s1. The summed E-state index contributed by atoms with van der Waals surface area (Å²) in [7, 11) is 1.59. The van der Waals surface area contributed by atoms with Crippen molar-refractivity contribution in [2.24, 2.45) is 5.92 Å². The van der Waals surface area contributed by atoms with E-state index in [2.05, 4.69) is 22.8 Å². The number of amides is 2. The SMILES string of the molecule is CNC(=O)c1ccc(NC(=O)C[C@H]2C=CCC2)cc1. The Bertz CT molecular complexity index is 491. The van der Waals surface area contributed by atoms with Gasteiger partial charge in [0.15, 0.2) is 0 Å². The van der Waals surface area contributed by atoms with Gasteiger partial charge >= 0.3 is 0 Å². The first-order chi connectivity index (χ1) is 9.19. The van der Waals surface area contributed by atoms with E-state index in [1.54, 1.807) is 31.3 Å². The molecule has 0 saturated carbocycles. The molecule has 0 saturated heterocycles. The van der Waals surface area contributed by atoms with Crippen molar-refractivity contribution in [2.75, 3.05) is 12.4 Å². The third kappa shape index (κ3) is 3.68. The highest BCUT2D eigenvalue weighted by molar-refractivity contribution is 5.95. The molecular weight excluding hydrogens is 240 g/mol. The minimum atomic E-state index is -0.131. The predicted molar refractivity (Wildman–Crippen MR) is 74.9 cm³/mol. The molecule has 0 bridgehead atoms. The van der Waals surface area contributed by atoms with Crippen molar-refractivity contribution in [3.63, 3.8) is 0 Å². The van der Waals surface area contributed by atoms with Gasteiger partial charge in [0.2, 0.25) is 5.91 Å². The Balaban J connectivity index is 1.90. The molecule has 4 heteroatoms. The number of nitrogens with one attached hydrogen (secondary N) is 2. The normalized spacial score (nSPS) is 17.2. The molecule has 1 aliphatic carbocycles. The van der Waals surface area contributed by atoms with E-state index in [9.17, 15) is 9.59 Å². The van der Waals surface area contributed by atoms with E-state index in [0.29, 0.717) is 17.9 Å². The van der Waals surface area contributed by atoms with Crippen LogP contribution in [0.25, 0.3) is 0 Å². The third-order valence-corrected chi connectivity index (χ3v) is 3.22. The first-order valence-corrected chi connectivity index (χ1v) is 6.47. The lowest BCUT2D eigenvalue weighted by molar-refractivity contribution is -0.116. The van der Waals surface area contributed by atoms with Crippen LogP contribution in [-0.2, 0) is 4.79 Å². The fourth-order valence-corrected chi connectivity index (χ4v) is 2.16. The molecule has 0 aromatic heterocycles. The highest BCUT2D eigenvalue weighted by atomic mass is 16.2. The highest BCUT2D eigenvalue weighted by Crippen LogP contribution is 2.21. The second-order valence-electron chi connectivity index (χ2n) is 4.67. The largest absolute Gasteiger partial charge is 0.355 e. The van der Waals surface area contributed by atoms with Crippen molar-refractivity contribution >= 4 is 17.5 Å². The lowest BCUT2D eigenvalue weighted by Crippen LogP contribution is -2.18. The monoisotopic (exact) mass is 258 g/mol. The average Bonchev–Trinajstić information content (AvgIpc) is 2.91. The van der Waals surface area contributed by atoms with Crippen molar-refractivity contribution in [1.29, 1.82) is 0 Å². The van der Waals surface area contributed by atoms with Gasteiger partial charge in [-0.25, -0.2) is 0 Å². The van der Waals surface area contributed by atoms with Gasteiger partial charge in [-0.3, -0.25) is 9.59 Å². The zero-order valence-electron chi connectivity index (χ0n) is 11.0. The van der Waals surface area contributed by atoms with E-state index < -0.39 is 0 Å². The molecule has 1 aliphatic rings. The van der Waals surface area contributed by atoms with Crippen molar-refractivity contribution < 1.29 is 9.59 Å². The number of carbonyl (C=O) groups is 2. The molecule has 1 aromatic carbocycles. The number of allylic oxidation sites excluding steroid dienone is 2. The number of hydrogen-bond donors (Lipinski definition) is 2. The zero-order valence-corrected chi connectivity index (χ0v) is 11.0. The Morgan fingerprint density at radius 1 is 1.26 bits per heavy atom. The van der Waals surface area contributed by atoms with Crippen molar-refractivity contribution in [2.45, 2.75) is 19.3 Å². The molecule has 1 aromatic rings. The van der Waals surface area contributed by atoms with Gasteiger partial charge in [0, 0.05) is 24.7 Å². The van der Waals surface area contributed by atoms with Crippen LogP contribution in [0, 0.1) is 5.92 Å². The van der Waals surface area contributed by atoms with Gasteiger partial charge in [-0.05, 0) is 43.0 Å². The van der Waals surface area contributed by atoms with Crippen LogP contribution in [0.5, 0.6) is 0 Å². The second-order valence-corrected chi connectivity index (χ2v) is 4.67. The molecular formula is C15H18N2O2. The molecule has 2 amide bonds.